The molecule has 1 amide bonds. The lowest BCUT2D eigenvalue weighted by atomic mass is 9.99. The van der Waals surface area contributed by atoms with Crippen molar-refractivity contribution in [3.63, 3.8) is 0 Å². The molecule has 1 aliphatic heterocycles. The second-order valence-corrected chi connectivity index (χ2v) is 11.7. The van der Waals surface area contributed by atoms with Crippen molar-refractivity contribution in [2.24, 2.45) is 0 Å². The molecule has 1 fully saturated rings. The minimum absolute atomic E-state index is 0.387. The highest BCUT2D eigenvalue weighted by atomic mass is 16.6. The number of pyridine rings is 1. The van der Waals surface area contributed by atoms with Gasteiger partial charge < -0.3 is 15.4 Å². The minimum Gasteiger partial charge on any atom is -0.444 e. The van der Waals surface area contributed by atoms with Crippen molar-refractivity contribution in [3.8, 4) is 39.6 Å². The Balaban J connectivity index is 1.38. The van der Waals surface area contributed by atoms with Crippen LogP contribution in [-0.4, -0.2) is 26.2 Å². The molecule has 2 aliphatic rings. The molecule has 41 heavy (non-hydrogen) atoms. The normalized spacial score (nSPS) is 14.5. The van der Waals surface area contributed by atoms with Crippen LogP contribution in [-0.2, 0) is 10.3 Å². The Bertz CT molecular complexity index is 1760. The Kier molecular flexibility index (Phi) is 5.71. The van der Waals surface area contributed by atoms with E-state index in [9.17, 15) is 4.79 Å². The summed E-state index contributed by atoms with van der Waals surface area (Å²) in [5.74, 6) is 1.62. The van der Waals surface area contributed by atoms with Crippen LogP contribution in [0.15, 0.2) is 97.2 Å². The van der Waals surface area contributed by atoms with Crippen LogP contribution in [0, 0.1) is 0 Å². The number of hydrogen-bond acceptors (Lipinski definition) is 5. The average Bonchev–Trinajstić information content (AvgIpc) is 3.66. The molecular formula is C34H31N5O2. The number of benzene rings is 3. The van der Waals surface area contributed by atoms with E-state index in [1.165, 1.54) is 0 Å². The van der Waals surface area contributed by atoms with Gasteiger partial charge in [0, 0.05) is 22.9 Å². The molecular weight excluding hydrogens is 510 g/mol. The highest BCUT2D eigenvalue weighted by Crippen LogP contribution is 2.48. The van der Waals surface area contributed by atoms with E-state index < -0.39 is 11.1 Å². The number of aromatic nitrogens is 3. The van der Waals surface area contributed by atoms with Gasteiger partial charge in [-0.3, -0.25) is 4.57 Å². The van der Waals surface area contributed by atoms with Crippen LogP contribution in [0.1, 0.15) is 39.2 Å². The topological polar surface area (TPSA) is 81.1 Å². The fraction of sp³-hybridized carbons (Fsp3) is 0.206. The lowest BCUT2D eigenvalue weighted by molar-refractivity contribution is 0.0495. The van der Waals surface area contributed by atoms with E-state index in [4.69, 9.17) is 9.72 Å². The van der Waals surface area contributed by atoms with Crippen molar-refractivity contribution in [2.75, 3.05) is 5.32 Å². The average molecular weight is 542 g/mol. The highest BCUT2D eigenvalue weighted by Gasteiger charge is 2.46. The minimum atomic E-state index is -0.545. The zero-order chi connectivity index (χ0) is 28.2. The van der Waals surface area contributed by atoms with Crippen molar-refractivity contribution >= 4 is 17.6 Å². The Morgan fingerprint density at radius 3 is 2.37 bits per heavy atom. The van der Waals surface area contributed by atoms with Gasteiger partial charge >= 0.3 is 6.09 Å². The molecule has 7 nitrogen and oxygen atoms in total. The zero-order valence-electron chi connectivity index (χ0n) is 23.3. The smallest absolute Gasteiger partial charge is 0.408 e. The van der Waals surface area contributed by atoms with E-state index in [-0.39, 0.29) is 6.09 Å². The first-order valence-electron chi connectivity index (χ1n) is 13.9. The van der Waals surface area contributed by atoms with Crippen molar-refractivity contribution in [3.05, 3.63) is 103 Å². The van der Waals surface area contributed by atoms with Gasteiger partial charge in [0.05, 0.1) is 28.3 Å². The number of carbonyl (C=O) groups excluding carboxylic acids is 1. The zero-order valence-corrected chi connectivity index (χ0v) is 23.3. The number of fused-ring (bicyclic) bond motifs is 5. The summed E-state index contributed by atoms with van der Waals surface area (Å²) in [5, 5.41) is 6.64. The van der Waals surface area contributed by atoms with E-state index in [1.54, 1.807) is 6.20 Å². The number of carbonyl (C=O) groups is 1. The number of para-hydroxylation sites is 1. The van der Waals surface area contributed by atoms with Gasteiger partial charge in [0.1, 0.15) is 11.4 Å². The van der Waals surface area contributed by atoms with Crippen LogP contribution in [0.3, 0.4) is 0 Å². The van der Waals surface area contributed by atoms with E-state index in [2.05, 4.69) is 74.8 Å². The van der Waals surface area contributed by atoms with Gasteiger partial charge in [-0.1, -0.05) is 66.7 Å². The number of nitrogens with one attached hydrogen (secondary N) is 2. The number of rotatable bonds is 4. The number of alkyl carbamates (subject to hydrolysis) is 1. The van der Waals surface area contributed by atoms with Gasteiger partial charge in [0.15, 0.2) is 5.82 Å². The first-order valence-corrected chi connectivity index (χ1v) is 13.9. The Labute approximate surface area is 239 Å². The van der Waals surface area contributed by atoms with E-state index >= 15 is 0 Å². The number of amides is 1. The quantitative estimate of drug-likeness (QED) is 0.238. The second kappa shape index (κ2) is 9.34. The summed E-state index contributed by atoms with van der Waals surface area (Å²) >= 11 is 0. The van der Waals surface area contributed by atoms with E-state index in [1.807, 2.05) is 57.2 Å². The molecule has 0 radical (unpaired) electrons. The molecule has 7 heteroatoms. The van der Waals surface area contributed by atoms with Gasteiger partial charge in [0.25, 0.3) is 0 Å². The number of hydrogen-bond donors (Lipinski definition) is 2. The number of nitrogens with zero attached hydrogens (tertiary/aromatic N) is 3. The first kappa shape index (κ1) is 25.1. The first-order chi connectivity index (χ1) is 19.8. The van der Waals surface area contributed by atoms with Crippen molar-refractivity contribution < 1.29 is 9.53 Å². The summed E-state index contributed by atoms with van der Waals surface area (Å²) in [6.45, 7) is 5.63. The predicted molar refractivity (Wildman–Crippen MR) is 161 cm³/mol. The lowest BCUT2D eigenvalue weighted by Crippen LogP contribution is -2.39. The maximum atomic E-state index is 12.6. The maximum absolute atomic E-state index is 12.6. The molecule has 1 aliphatic carbocycles. The molecule has 3 heterocycles. The van der Waals surface area contributed by atoms with Gasteiger partial charge in [-0.25, -0.2) is 14.8 Å². The monoisotopic (exact) mass is 541 g/mol. The van der Waals surface area contributed by atoms with Crippen LogP contribution in [0.5, 0.6) is 0 Å². The molecule has 0 saturated heterocycles. The lowest BCUT2D eigenvalue weighted by Gasteiger charge is -2.24. The van der Waals surface area contributed by atoms with Crippen LogP contribution in [0.4, 0.5) is 16.3 Å². The summed E-state index contributed by atoms with van der Waals surface area (Å²) in [5.41, 5.74) is 6.96. The fourth-order valence-electron chi connectivity index (χ4n) is 5.54. The maximum Gasteiger partial charge on any atom is 0.408 e. The molecule has 0 unspecified atom stereocenters. The summed E-state index contributed by atoms with van der Waals surface area (Å²) < 4.78 is 7.76. The third kappa shape index (κ3) is 4.53. The van der Waals surface area contributed by atoms with Crippen molar-refractivity contribution in [2.45, 2.75) is 44.8 Å². The predicted octanol–water partition coefficient (Wildman–Crippen LogP) is 7.84. The molecule has 2 N–H and O–H groups in total. The van der Waals surface area contributed by atoms with Gasteiger partial charge in [-0.15, -0.1) is 0 Å². The summed E-state index contributed by atoms with van der Waals surface area (Å²) in [6, 6.07) is 31.0. The molecule has 5 aromatic rings. The van der Waals surface area contributed by atoms with E-state index in [0.717, 1.165) is 69.5 Å². The number of ether oxygens (including phenoxy) is 1. The standard InChI is InChI=1S/C34H31N5O2/c1-33(2,3)41-32(40)38-34(19-20-34)24-17-15-23(16-18-24)29-28(22-10-5-4-6-11-22)37-31-25-12-7-8-13-26(25)36-30-27(39(29)31)14-9-21-35-30/h4-18,21H,19-20H2,1-3H3,(H,35,36)(H,38,40). The van der Waals surface area contributed by atoms with Gasteiger partial charge in [-0.05, 0) is 63.4 Å². The Morgan fingerprint density at radius 2 is 1.63 bits per heavy atom. The molecule has 0 spiro atoms. The SMILES string of the molecule is CC(C)(C)OC(=O)NC1(c2ccc(-c3c(-c4ccccc4)nc4n3-c3cccnc3Nc3ccccc3-4)cc2)CC1. The number of imidazole rings is 1. The molecule has 1 saturated carbocycles. The largest absolute Gasteiger partial charge is 0.444 e. The molecule has 204 valence electrons. The Morgan fingerprint density at radius 1 is 0.902 bits per heavy atom. The fourth-order valence-corrected chi connectivity index (χ4v) is 5.54. The third-order valence-corrected chi connectivity index (χ3v) is 7.57. The third-order valence-electron chi connectivity index (χ3n) is 7.57. The second-order valence-electron chi connectivity index (χ2n) is 11.7. The Hall–Kier alpha value is -4.91. The molecule has 2 aromatic heterocycles. The van der Waals surface area contributed by atoms with Gasteiger partial charge in [0.2, 0.25) is 0 Å². The summed E-state index contributed by atoms with van der Waals surface area (Å²) in [4.78, 5) is 22.6. The highest BCUT2D eigenvalue weighted by molar-refractivity contribution is 5.90. The molecule has 3 aromatic carbocycles. The van der Waals surface area contributed by atoms with Crippen molar-refractivity contribution in [1.82, 2.24) is 19.9 Å². The molecule has 0 bridgehead atoms. The van der Waals surface area contributed by atoms with Crippen molar-refractivity contribution in [1.29, 1.82) is 0 Å². The van der Waals surface area contributed by atoms with Gasteiger partial charge in [-0.2, -0.15) is 0 Å². The van der Waals surface area contributed by atoms with Crippen LogP contribution >= 0.6 is 0 Å². The molecule has 7 rings (SSSR count). The van der Waals surface area contributed by atoms with Crippen LogP contribution in [0.25, 0.3) is 39.6 Å². The van der Waals surface area contributed by atoms with Crippen LogP contribution < -0.4 is 10.6 Å². The van der Waals surface area contributed by atoms with E-state index in [0.29, 0.717) is 0 Å². The van der Waals surface area contributed by atoms with Crippen LogP contribution in [0.2, 0.25) is 0 Å². The summed E-state index contributed by atoms with van der Waals surface area (Å²) in [6.07, 6.45) is 3.17. The summed E-state index contributed by atoms with van der Waals surface area (Å²) in [7, 11) is 0. The molecule has 0 atom stereocenters. The number of anilines is 2.